The molecule has 1 aromatic carbocycles. The van der Waals surface area contributed by atoms with E-state index in [2.05, 4.69) is 36.8 Å². The number of hydrogen-bond acceptors (Lipinski definition) is 4. The van der Waals surface area contributed by atoms with Gasteiger partial charge in [-0.1, -0.05) is 23.8 Å². The fourth-order valence-corrected chi connectivity index (χ4v) is 2.08. The summed E-state index contributed by atoms with van der Waals surface area (Å²) in [7, 11) is 3.26. The Kier molecular flexibility index (Phi) is 5.99. The minimum absolute atomic E-state index is 0.0354. The van der Waals surface area contributed by atoms with E-state index in [1.165, 1.54) is 23.8 Å². The summed E-state index contributed by atoms with van der Waals surface area (Å²) in [6, 6.07) is 6.34. The second-order valence-electron chi connectivity index (χ2n) is 5.06. The number of aryl methyl sites for hydroxylation is 2. The predicted molar refractivity (Wildman–Crippen MR) is 74.9 cm³/mol. The number of methoxy groups -OCH3 is 1. The Labute approximate surface area is 115 Å². The van der Waals surface area contributed by atoms with Gasteiger partial charge in [-0.2, -0.15) is 0 Å². The molecule has 0 bridgehead atoms. The molecular weight excluding hydrogens is 242 g/mol. The summed E-state index contributed by atoms with van der Waals surface area (Å²) in [5.74, 6) is -0.382. The second-order valence-corrected chi connectivity index (χ2v) is 5.06. The van der Waals surface area contributed by atoms with Gasteiger partial charge in [0.1, 0.15) is 0 Å². The van der Waals surface area contributed by atoms with Crippen molar-refractivity contribution in [1.29, 1.82) is 0 Å². The molecule has 0 fully saturated rings. The van der Waals surface area contributed by atoms with Gasteiger partial charge in [-0.25, -0.2) is 0 Å². The Bertz CT molecular complexity index is 431. The van der Waals surface area contributed by atoms with Crippen molar-refractivity contribution in [3.05, 3.63) is 34.9 Å². The topological polar surface area (TPSA) is 49.8 Å². The molecule has 106 valence electrons. The van der Waals surface area contributed by atoms with Gasteiger partial charge in [-0.05, 0) is 32.0 Å². The average Bonchev–Trinajstić information content (AvgIpc) is 2.32. The first-order valence-electron chi connectivity index (χ1n) is 6.42. The number of aliphatic hydroxyl groups excluding tert-OH is 1. The van der Waals surface area contributed by atoms with E-state index in [1.807, 2.05) is 11.9 Å². The van der Waals surface area contributed by atoms with Crippen molar-refractivity contribution in [3.63, 3.8) is 0 Å². The fourth-order valence-electron chi connectivity index (χ4n) is 2.08. The summed E-state index contributed by atoms with van der Waals surface area (Å²) in [6.07, 6.45) is -0.656. The van der Waals surface area contributed by atoms with Gasteiger partial charge in [0.2, 0.25) is 0 Å². The zero-order valence-electron chi connectivity index (χ0n) is 12.1. The molecule has 0 aromatic heterocycles. The molecule has 0 amide bonds. The summed E-state index contributed by atoms with van der Waals surface area (Å²) in [5, 5.41) is 9.77. The van der Waals surface area contributed by atoms with E-state index in [-0.39, 0.29) is 12.4 Å². The lowest BCUT2D eigenvalue weighted by molar-refractivity contribution is -0.143. The molecule has 0 heterocycles. The molecule has 0 saturated heterocycles. The molecule has 0 aliphatic rings. The number of rotatable bonds is 6. The van der Waals surface area contributed by atoms with E-state index in [1.54, 1.807) is 0 Å². The molecule has 0 spiro atoms. The zero-order chi connectivity index (χ0) is 14.4. The van der Waals surface area contributed by atoms with E-state index in [0.29, 0.717) is 6.54 Å². The van der Waals surface area contributed by atoms with Crippen molar-refractivity contribution in [1.82, 2.24) is 4.90 Å². The fraction of sp³-hybridized carbons (Fsp3) is 0.533. The van der Waals surface area contributed by atoms with E-state index >= 15 is 0 Å². The van der Waals surface area contributed by atoms with Crippen LogP contribution in [-0.4, -0.2) is 42.8 Å². The number of carbonyl (C=O) groups is 1. The third kappa shape index (κ3) is 5.41. The number of aliphatic hydroxyl groups is 1. The Hall–Kier alpha value is -1.39. The largest absolute Gasteiger partial charge is 0.469 e. The highest BCUT2D eigenvalue weighted by atomic mass is 16.5. The SMILES string of the molecule is COC(=O)CC(O)CN(C)Cc1ccc(C)cc1C. The van der Waals surface area contributed by atoms with Crippen molar-refractivity contribution < 1.29 is 14.6 Å². The molecule has 0 saturated carbocycles. The molecule has 1 aromatic rings. The van der Waals surface area contributed by atoms with E-state index < -0.39 is 6.10 Å². The first-order chi connectivity index (χ1) is 8.92. The summed E-state index contributed by atoms with van der Waals surface area (Å²) < 4.78 is 4.54. The molecule has 0 aliphatic heterocycles. The maximum absolute atomic E-state index is 11.1. The third-order valence-corrected chi connectivity index (χ3v) is 3.09. The van der Waals surface area contributed by atoms with E-state index in [4.69, 9.17) is 0 Å². The van der Waals surface area contributed by atoms with Crippen molar-refractivity contribution >= 4 is 5.97 Å². The highest BCUT2D eigenvalue weighted by Gasteiger charge is 2.14. The molecule has 4 heteroatoms. The van der Waals surface area contributed by atoms with Crippen LogP contribution in [-0.2, 0) is 16.1 Å². The first kappa shape index (κ1) is 15.7. The summed E-state index contributed by atoms with van der Waals surface area (Å²) in [6.45, 7) is 5.36. The van der Waals surface area contributed by atoms with Crippen LogP contribution in [0.15, 0.2) is 18.2 Å². The van der Waals surface area contributed by atoms with Gasteiger partial charge in [0.05, 0.1) is 19.6 Å². The lowest BCUT2D eigenvalue weighted by atomic mass is 10.1. The van der Waals surface area contributed by atoms with Gasteiger partial charge >= 0.3 is 5.97 Å². The molecule has 19 heavy (non-hydrogen) atoms. The van der Waals surface area contributed by atoms with Crippen LogP contribution in [0.4, 0.5) is 0 Å². The lowest BCUT2D eigenvalue weighted by Crippen LogP contribution is -2.30. The highest BCUT2D eigenvalue weighted by Crippen LogP contribution is 2.12. The normalized spacial score (nSPS) is 12.5. The standard InChI is InChI=1S/C15H23NO3/c1-11-5-6-13(12(2)7-11)9-16(3)10-14(17)8-15(18)19-4/h5-7,14,17H,8-10H2,1-4H3. The van der Waals surface area contributed by atoms with Crippen LogP contribution in [0.25, 0.3) is 0 Å². The maximum Gasteiger partial charge on any atom is 0.308 e. The number of hydrogen-bond donors (Lipinski definition) is 1. The van der Waals surface area contributed by atoms with Gasteiger partial charge in [0.15, 0.2) is 0 Å². The van der Waals surface area contributed by atoms with Gasteiger partial charge in [0.25, 0.3) is 0 Å². The van der Waals surface area contributed by atoms with Crippen molar-refractivity contribution in [2.45, 2.75) is 32.9 Å². The summed E-state index contributed by atoms with van der Waals surface area (Å²) >= 11 is 0. The van der Waals surface area contributed by atoms with Crippen LogP contribution in [0.1, 0.15) is 23.1 Å². The zero-order valence-corrected chi connectivity index (χ0v) is 12.1. The Balaban J connectivity index is 2.50. The van der Waals surface area contributed by atoms with E-state index in [0.717, 1.165) is 6.54 Å². The molecule has 1 unspecified atom stereocenters. The number of ether oxygens (including phenoxy) is 1. The molecule has 0 aliphatic carbocycles. The summed E-state index contributed by atoms with van der Waals surface area (Å²) in [4.78, 5) is 13.1. The Morgan fingerprint density at radius 3 is 2.68 bits per heavy atom. The maximum atomic E-state index is 11.1. The Morgan fingerprint density at radius 2 is 2.11 bits per heavy atom. The molecule has 0 radical (unpaired) electrons. The van der Waals surface area contributed by atoms with Crippen LogP contribution < -0.4 is 0 Å². The van der Waals surface area contributed by atoms with Crippen LogP contribution in [0, 0.1) is 13.8 Å². The third-order valence-electron chi connectivity index (χ3n) is 3.09. The van der Waals surface area contributed by atoms with Crippen LogP contribution in [0.2, 0.25) is 0 Å². The average molecular weight is 265 g/mol. The van der Waals surface area contributed by atoms with Gasteiger partial charge in [-0.15, -0.1) is 0 Å². The monoisotopic (exact) mass is 265 g/mol. The van der Waals surface area contributed by atoms with E-state index in [9.17, 15) is 9.90 Å². The smallest absolute Gasteiger partial charge is 0.308 e. The number of likely N-dealkylation sites (N-methyl/N-ethyl adjacent to an activating group) is 1. The number of carbonyl (C=O) groups excluding carboxylic acids is 1. The van der Waals surface area contributed by atoms with Crippen molar-refractivity contribution in [3.8, 4) is 0 Å². The van der Waals surface area contributed by atoms with Gasteiger partial charge in [-0.3, -0.25) is 9.69 Å². The highest BCUT2D eigenvalue weighted by molar-refractivity contribution is 5.69. The first-order valence-corrected chi connectivity index (χ1v) is 6.42. The van der Waals surface area contributed by atoms with Crippen LogP contribution in [0.5, 0.6) is 0 Å². The minimum atomic E-state index is -0.691. The van der Waals surface area contributed by atoms with Gasteiger partial charge in [0, 0.05) is 13.1 Å². The molecule has 1 rings (SSSR count). The minimum Gasteiger partial charge on any atom is -0.469 e. The summed E-state index contributed by atoms with van der Waals surface area (Å²) in [5.41, 5.74) is 3.72. The number of nitrogens with zero attached hydrogens (tertiary/aromatic N) is 1. The van der Waals surface area contributed by atoms with Crippen molar-refractivity contribution in [2.75, 3.05) is 20.7 Å². The van der Waals surface area contributed by atoms with Crippen LogP contribution in [0.3, 0.4) is 0 Å². The molecule has 4 nitrogen and oxygen atoms in total. The van der Waals surface area contributed by atoms with Gasteiger partial charge < -0.3 is 9.84 Å². The number of esters is 1. The second kappa shape index (κ2) is 7.26. The molecule has 1 N–H and O–H groups in total. The van der Waals surface area contributed by atoms with Crippen LogP contribution >= 0.6 is 0 Å². The Morgan fingerprint density at radius 1 is 1.42 bits per heavy atom. The number of benzene rings is 1. The van der Waals surface area contributed by atoms with Crippen molar-refractivity contribution in [2.24, 2.45) is 0 Å². The predicted octanol–water partition coefficient (Wildman–Crippen LogP) is 1.66. The molecular formula is C15H23NO3. The lowest BCUT2D eigenvalue weighted by Gasteiger charge is -2.21. The molecule has 1 atom stereocenters. The quantitative estimate of drug-likeness (QED) is 0.795.